The summed E-state index contributed by atoms with van der Waals surface area (Å²) in [6, 6.07) is 5.74. The van der Waals surface area contributed by atoms with E-state index in [0.29, 0.717) is 11.4 Å². The predicted molar refractivity (Wildman–Crippen MR) is 95.6 cm³/mol. The van der Waals surface area contributed by atoms with Gasteiger partial charge in [0.05, 0.1) is 0 Å². The number of halogens is 1. The predicted octanol–water partition coefficient (Wildman–Crippen LogP) is 1.71. The maximum atomic E-state index is 13.0. The molecule has 6 nitrogen and oxygen atoms in total. The van der Waals surface area contributed by atoms with Crippen LogP contribution < -0.4 is 15.8 Å². The van der Waals surface area contributed by atoms with Gasteiger partial charge in [-0.2, -0.15) is 0 Å². The monoisotopic (exact) mass is 356 g/mol. The Morgan fingerprint density at radius 1 is 1.27 bits per heavy atom. The van der Waals surface area contributed by atoms with E-state index in [4.69, 9.17) is 0 Å². The number of benzene rings is 1. The maximum absolute atomic E-state index is 13.0. The van der Waals surface area contributed by atoms with Crippen molar-refractivity contribution in [3.63, 3.8) is 0 Å². The first-order valence-corrected chi connectivity index (χ1v) is 8.82. The molecule has 1 aromatic heterocycles. The fraction of sp³-hybridized carbons (Fsp3) is 0.421. The molecule has 2 heterocycles. The SMILES string of the molecule is Cn1ccnc(N2CCC3(CC2)CC3NC(=O)c2ccc(F)cc2)c1=O. The maximum Gasteiger partial charge on any atom is 0.293 e. The van der Waals surface area contributed by atoms with Crippen LogP contribution in [0.5, 0.6) is 0 Å². The number of nitrogens with zero attached hydrogens (tertiary/aromatic N) is 3. The van der Waals surface area contributed by atoms with Crippen molar-refractivity contribution in [1.29, 1.82) is 0 Å². The van der Waals surface area contributed by atoms with Crippen LogP contribution in [0.15, 0.2) is 41.5 Å². The normalized spacial score (nSPS) is 20.8. The van der Waals surface area contributed by atoms with E-state index in [1.807, 2.05) is 4.90 Å². The largest absolute Gasteiger partial charge is 0.352 e. The highest BCUT2D eigenvalue weighted by Crippen LogP contribution is 2.54. The summed E-state index contributed by atoms with van der Waals surface area (Å²) in [4.78, 5) is 30.8. The van der Waals surface area contributed by atoms with Gasteiger partial charge in [0, 0.05) is 44.1 Å². The molecule has 1 aromatic carbocycles. The highest BCUT2D eigenvalue weighted by atomic mass is 19.1. The Kier molecular flexibility index (Phi) is 4.01. The fourth-order valence-corrected chi connectivity index (χ4v) is 3.81. The third-order valence-electron chi connectivity index (χ3n) is 5.66. The molecular formula is C19H21FN4O2. The van der Waals surface area contributed by atoms with Crippen molar-refractivity contribution in [1.82, 2.24) is 14.9 Å². The lowest BCUT2D eigenvalue weighted by Gasteiger charge is -2.33. The summed E-state index contributed by atoms with van der Waals surface area (Å²) in [5, 5.41) is 3.06. The van der Waals surface area contributed by atoms with Crippen LogP contribution in [0.3, 0.4) is 0 Å². The number of nitrogens with one attached hydrogen (secondary N) is 1. The zero-order valence-corrected chi connectivity index (χ0v) is 14.6. The minimum Gasteiger partial charge on any atom is -0.352 e. The van der Waals surface area contributed by atoms with Crippen molar-refractivity contribution in [3.8, 4) is 0 Å². The van der Waals surface area contributed by atoms with Crippen molar-refractivity contribution in [2.24, 2.45) is 12.5 Å². The molecule has 136 valence electrons. The quantitative estimate of drug-likeness (QED) is 0.909. The number of anilines is 1. The second-order valence-electron chi connectivity index (χ2n) is 7.25. The second-order valence-corrected chi connectivity index (χ2v) is 7.25. The summed E-state index contributed by atoms with van der Waals surface area (Å²) >= 11 is 0. The second kappa shape index (κ2) is 6.23. The molecule has 1 unspecified atom stereocenters. The number of piperidine rings is 1. The minimum absolute atomic E-state index is 0.0830. The van der Waals surface area contributed by atoms with Gasteiger partial charge < -0.3 is 14.8 Å². The third kappa shape index (κ3) is 2.98. The van der Waals surface area contributed by atoms with E-state index in [0.717, 1.165) is 32.4 Å². The van der Waals surface area contributed by atoms with E-state index in [1.165, 1.54) is 28.8 Å². The standard InChI is InChI=1S/C19H21FN4O2/c1-23-11-8-21-16(18(23)26)24-9-6-19(7-10-24)12-15(19)22-17(25)13-2-4-14(20)5-3-13/h2-5,8,11,15H,6-7,9-10,12H2,1H3,(H,22,25). The average molecular weight is 356 g/mol. The Bertz CT molecular complexity index is 885. The summed E-state index contributed by atoms with van der Waals surface area (Å²) in [6.07, 6.45) is 6.08. The van der Waals surface area contributed by atoms with Crippen LogP contribution in [-0.2, 0) is 7.05 Å². The van der Waals surface area contributed by atoms with E-state index in [-0.39, 0.29) is 28.7 Å². The van der Waals surface area contributed by atoms with Crippen LogP contribution >= 0.6 is 0 Å². The molecule has 0 bridgehead atoms. The van der Waals surface area contributed by atoms with E-state index in [1.54, 1.807) is 19.4 Å². The summed E-state index contributed by atoms with van der Waals surface area (Å²) in [5.41, 5.74) is 0.509. The number of aryl methyl sites for hydroxylation is 1. The Morgan fingerprint density at radius 2 is 1.96 bits per heavy atom. The molecule has 1 saturated carbocycles. The van der Waals surface area contributed by atoms with Gasteiger partial charge in [0.1, 0.15) is 5.82 Å². The lowest BCUT2D eigenvalue weighted by atomic mass is 9.92. The Morgan fingerprint density at radius 3 is 2.65 bits per heavy atom. The highest BCUT2D eigenvalue weighted by molar-refractivity contribution is 5.94. The molecule has 1 amide bonds. The lowest BCUT2D eigenvalue weighted by molar-refractivity contribution is 0.0943. The average Bonchev–Trinajstić information content (AvgIpc) is 3.30. The molecule has 1 atom stereocenters. The van der Waals surface area contributed by atoms with Crippen LogP contribution in [0.2, 0.25) is 0 Å². The zero-order chi connectivity index (χ0) is 18.3. The zero-order valence-electron chi connectivity index (χ0n) is 14.6. The van der Waals surface area contributed by atoms with Gasteiger partial charge in [0.25, 0.3) is 11.5 Å². The first kappa shape index (κ1) is 16.8. The number of hydrogen-bond acceptors (Lipinski definition) is 4. The van der Waals surface area contributed by atoms with Crippen molar-refractivity contribution >= 4 is 11.7 Å². The van der Waals surface area contributed by atoms with Gasteiger partial charge in [-0.1, -0.05) is 0 Å². The first-order valence-electron chi connectivity index (χ1n) is 8.82. The van der Waals surface area contributed by atoms with Crippen LogP contribution in [0.25, 0.3) is 0 Å². The Balaban J connectivity index is 1.37. The molecule has 1 N–H and O–H groups in total. The third-order valence-corrected chi connectivity index (χ3v) is 5.66. The summed E-state index contributed by atoms with van der Waals surface area (Å²) in [6.45, 7) is 1.52. The molecule has 0 radical (unpaired) electrons. The lowest BCUT2D eigenvalue weighted by Crippen LogP contribution is -2.41. The van der Waals surface area contributed by atoms with Crippen LogP contribution in [0, 0.1) is 11.2 Å². The van der Waals surface area contributed by atoms with Crippen LogP contribution in [0.1, 0.15) is 29.6 Å². The van der Waals surface area contributed by atoms with Crippen molar-refractivity contribution in [2.75, 3.05) is 18.0 Å². The van der Waals surface area contributed by atoms with Crippen molar-refractivity contribution in [3.05, 3.63) is 58.4 Å². The van der Waals surface area contributed by atoms with Gasteiger partial charge in [-0.15, -0.1) is 0 Å². The van der Waals surface area contributed by atoms with Gasteiger partial charge in [0.15, 0.2) is 5.82 Å². The molecule has 2 aliphatic rings. The van der Waals surface area contributed by atoms with Crippen molar-refractivity contribution < 1.29 is 9.18 Å². The molecular weight excluding hydrogens is 335 g/mol. The summed E-state index contributed by atoms with van der Waals surface area (Å²) in [7, 11) is 1.72. The van der Waals surface area contributed by atoms with E-state index in [2.05, 4.69) is 10.3 Å². The molecule has 1 aliphatic carbocycles. The van der Waals surface area contributed by atoms with Crippen LogP contribution in [-0.4, -0.2) is 34.6 Å². The highest BCUT2D eigenvalue weighted by Gasteiger charge is 2.55. The number of rotatable bonds is 3. The Hall–Kier alpha value is -2.70. The number of carbonyl (C=O) groups excluding carboxylic acids is 1. The van der Waals surface area contributed by atoms with E-state index >= 15 is 0 Å². The molecule has 26 heavy (non-hydrogen) atoms. The topological polar surface area (TPSA) is 67.2 Å². The molecule has 7 heteroatoms. The molecule has 4 rings (SSSR count). The Labute approximate surface area is 150 Å². The van der Waals surface area contributed by atoms with Gasteiger partial charge in [-0.05, 0) is 48.9 Å². The van der Waals surface area contributed by atoms with Gasteiger partial charge in [0.2, 0.25) is 0 Å². The van der Waals surface area contributed by atoms with E-state index < -0.39 is 0 Å². The first-order chi connectivity index (χ1) is 12.5. The molecule has 1 spiro atoms. The molecule has 1 saturated heterocycles. The number of aromatic nitrogens is 2. The number of amides is 1. The number of carbonyl (C=O) groups is 1. The van der Waals surface area contributed by atoms with Gasteiger partial charge in [-0.25, -0.2) is 9.37 Å². The summed E-state index contributed by atoms with van der Waals surface area (Å²) in [5.74, 6) is -0.0113. The molecule has 2 aromatic rings. The number of hydrogen-bond donors (Lipinski definition) is 1. The minimum atomic E-state index is -0.350. The van der Waals surface area contributed by atoms with Gasteiger partial charge >= 0.3 is 0 Å². The van der Waals surface area contributed by atoms with Gasteiger partial charge in [-0.3, -0.25) is 9.59 Å². The summed E-state index contributed by atoms with van der Waals surface area (Å²) < 4.78 is 14.5. The van der Waals surface area contributed by atoms with Crippen molar-refractivity contribution in [2.45, 2.75) is 25.3 Å². The fourth-order valence-electron chi connectivity index (χ4n) is 3.81. The molecule has 1 aliphatic heterocycles. The van der Waals surface area contributed by atoms with E-state index in [9.17, 15) is 14.0 Å². The smallest absolute Gasteiger partial charge is 0.293 e. The van der Waals surface area contributed by atoms with Crippen LogP contribution in [0.4, 0.5) is 10.2 Å². The molecule has 2 fully saturated rings.